The summed E-state index contributed by atoms with van der Waals surface area (Å²) in [5, 5.41) is 5.10. The quantitative estimate of drug-likeness (QED) is 0.656. The van der Waals surface area contributed by atoms with E-state index in [0.717, 1.165) is 0 Å². The standard InChI is InChI=1S/C15H16Si.Li.H/c1-2-8-13(7-1)16(14-9-3-4-10-14)15-11-5-6-12-15;;/h1-7,9,11,16H,8,10,12H2;;. The van der Waals surface area contributed by atoms with Gasteiger partial charge in [-0.25, -0.2) is 0 Å². The molecule has 0 aromatic heterocycles. The number of allylic oxidation sites excluding steroid dienone is 12. The van der Waals surface area contributed by atoms with Crippen molar-refractivity contribution in [3.63, 3.8) is 0 Å². The molecule has 3 rings (SSSR count). The SMILES string of the molecule is C1=CCC([SiH](C2=CC=CC2)C2=CC=CC2)=C1.[LiH]. The molecule has 0 bridgehead atoms. The van der Waals surface area contributed by atoms with E-state index in [-0.39, 0.29) is 18.9 Å². The first kappa shape index (κ1) is 12.7. The normalized spacial score (nSPS) is 20.6. The van der Waals surface area contributed by atoms with Gasteiger partial charge in [0.25, 0.3) is 0 Å². The summed E-state index contributed by atoms with van der Waals surface area (Å²) in [5.41, 5.74) is 0. The van der Waals surface area contributed by atoms with Crippen molar-refractivity contribution in [1.29, 1.82) is 0 Å². The van der Waals surface area contributed by atoms with E-state index in [0.29, 0.717) is 0 Å². The van der Waals surface area contributed by atoms with Gasteiger partial charge in [-0.05, 0) is 19.3 Å². The molecule has 3 aliphatic carbocycles. The first-order chi connectivity index (χ1) is 7.95. The Morgan fingerprint density at radius 3 is 1.24 bits per heavy atom. The summed E-state index contributed by atoms with van der Waals surface area (Å²) in [5.74, 6) is 0. The van der Waals surface area contributed by atoms with Gasteiger partial charge in [0.2, 0.25) is 0 Å². The zero-order valence-electron chi connectivity index (χ0n) is 9.39. The molecule has 3 aliphatic rings. The third-order valence-electron chi connectivity index (χ3n) is 3.51. The van der Waals surface area contributed by atoms with Crippen LogP contribution in [0.15, 0.2) is 70.3 Å². The van der Waals surface area contributed by atoms with Crippen molar-refractivity contribution in [1.82, 2.24) is 0 Å². The average molecular weight is 232 g/mol. The van der Waals surface area contributed by atoms with Crippen molar-refractivity contribution in [2.45, 2.75) is 19.3 Å². The molecule has 0 amide bonds. The summed E-state index contributed by atoms with van der Waals surface area (Å²) >= 11 is 0. The van der Waals surface area contributed by atoms with Crippen molar-refractivity contribution in [3.05, 3.63) is 70.3 Å². The maximum atomic E-state index is 2.36. The van der Waals surface area contributed by atoms with E-state index in [4.69, 9.17) is 0 Å². The van der Waals surface area contributed by atoms with E-state index in [1.165, 1.54) is 19.3 Å². The molecule has 0 aromatic carbocycles. The fraction of sp³-hybridized carbons (Fsp3) is 0.200. The van der Waals surface area contributed by atoms with E-state index in [1.54, 1.807) is 15.6 Å². The Balaban J connectivity index is 0.00000108. The Hall–Kier alpha value is -0.746. The van der Waals surface area contributed by atoms with Crippen LogP contribution in [0.4, 0.5) is 0 Å². The van der Waals surface area contributed by atoms with Crippen molar-refractivity contribution in [2.75, 3.05) is 0 Å². The Kier molecular flexibility index (Phi) is 4.28. The molecule has 0 N–H and O–H groups in total. The summed E-state index contributed by atoms with van der Waals surface area (Å²) in [6.45, 7) is 0. The zero-order valence-corrected chi connectivity index (χ0v) is 10.5. The predicted molar refractivity (Wildman–Crippen MR) is 79.8 cm³/mol. The molecule has 0 nitrogen and oxygen atoms in total. The van der Waals surface area contributed by atoms with Gasteiger partial charge < -0.3 is 0 Å². The summed E-state index contributed by atoms with van der Waals surface area (Å²) < 4.78 is 0. The van der Waals surface area contributed by atoms with Crippen LogP contribution in [-0.4, -0.2) is 27.7 Å². The van der Waals surface area contributed by atoms with Crippen LogP contribution in [0.1, 0.15) is 19.3 Å². The van der Waals surface area contributed by atoms with Gasteiger partial charge in [-0.1, -0.05) is 70.3 Å². The topological polar surface area (TPSA) is 0 Å². The Morgan fingerprint density at radius 2 is 1.00 bits per heavy atom. The molecule has 0 saturated heterocycles. The van der Waals surface area contributed by atoms with Gasteiger partial charge >= 0.3 is 18.9 Å². The molecule has 0 radical (unpaired) electrons. The minimum atomic E-state index is -0.995. The molecule has 0 fully saturated rings. The van der Waals surface area contributed by atoms with Crippen molar-refractivity contribution < 1.29 is 0 Å². The summed E-state index contributed by atoms with van der Waals surface area (Å²) in [6.07, 6.45) is 24.2. The Labute approximate surface area is 117 Å². The van der Waals surface area contributed by atoms with Crippen LogP contribution < -0.4 is 0 Å². The van der Waals surface area contributed by atoms with Gasteiger partial charge in [0.15, 0.2) is 0 Å². The molecule has 0 aromatic rings. The van der Waals surface area contributed by atoms with E-state index in [2.05, 4.69) is 54.7 Å². The third-order valence-corrected chi connectivity index (χ3v) is 7.02. The molecule has 0 saturated carbocycles. The van der Waals surface area contributed by atoms with Gasteiger partial charge in [0, 0.05) is 0 Å². The monoisotopic (exact) mass is 232 g/mol. The van der Waals surface area contributed by atoms with Crippen LogP contribution in [0.5, 0.6) is 0 Å². The minimum absolute atomic E-state index is 0. The van der Waals surface area contributed by atoms with Crippen LogP contribution in [0.2, 0.25) is 0 Å². The second-order valence-electron chi connectivity index (χ2n) is 4.55. The van der Waals surface area contributed by atoms with Gasteiger partial charge in [-0.3, -0.25) is 0 Å². The van der Waals surface area contributed by atoms with E-state index in [1.807, 2.05) is 0 Å². The van der Waals surface area contributed by atoms with Gasteiger partial charge in [-0.15, -0.1) is 0 Å². The molecule has 0 spiro atoms. The van der Waals surface area contributed by atoms with Gasteiger partial charge in [-0.2, -0.15) is 0 Å². The molecule has 0 heterocycles. The molecule has 0 unspecified atom stereocenters. The average Bonchev–Trinajstić information content (AvgIpc) is 3.02. The molecule has 0 aliphatic heterocycles. The predicted octanol–water partition coefficient (Wildman–Crippen LogP) is 2.84. The zero-order chi connectivity index (χ0) is 10.8. The van der Waals surface area contributed by atoms with Crippen LogP contribution in [0, 0.1) is 0 Å². The summed E-state index contributed by atoms with van der Waals surface area (Å²) in [4.78, 5) is 0. The molecule has 0 atom stereocenters. The second kappa shape index (κ2) is 5.73. The van der Waals surface area contributed by atoms with Crippen molar-refractivity contribution in [2.24, 2.45) is 0 Å². The fourth-order valence-electron chi connectivity index (χ4n) is 2.75. The Bertz CT molecular complexity index is 404. The van der Waals surface area contributed by atoms with Crippen molar-refractivity contribution >= 4 is 27.7 Å². The summed E-state index contributed by atoms with van der Waals surface area (Å²) in [6, 6.07) is 0. The Morgan fingerprint density at radius 1 is 0.647 bits per heavy atom. The molecular weight excluding hydrogens is 215 g/mol. The van der Waals surface area contributed by atoms with Crippen LogP contribution in [0.3, 0.4) is 0 Å². The maximum absolute atomic E-state index is 2.36. The van der Waals surface area contributed by atoms with E-state index >= 15 is 0 Å². The van der Waals surface area contributed by atoms with Crippen LogP contribution >= 0.6 is 0 Å². The van der Waals surface area contributed by atoms with Crippen LogP contribution in [-0.2, 0) is 0 Å². The third kappa shape index (κ3) is 2.58. The first-order valence-corrected chi connectivity index (χ1v) is 7.75. The molecular formula is C15H17LiSi. The van der Waals surface area contributed by atoms with E-state index < -0.39 is 8.80 Å². The van der Waals surface area contributed by atoms with Gasteiger partial charge in [0.05, 0.1) is 0 Å². The molecule has 2 heteroatoms. The first-order valence-electron chi connectivity index (χ1n) is 6.02. The summed E-state index contributed by atoms with van der Waals surface area (Å²) in [7, 11) is -0.995. The van der Waals surface area contributed by atoms with E-state index in [9.17, 15) is 0 Å². The van der Waals surface area contributed by atoms with Crippen molar-refractivity contribution in [3.8, 4) is 0 Å². The number of hydrogen-bond acceptors (Lipinski definition) is 0. The van der Waals surface area contributed by atoms with Gasteiger partial charge in [0.1, 0.15) is 8.80 Å². The number of rotatable bonds is 3. The van der Waals surface area contributed by atoms with Crippen LogP contribution in [0.25, 0.3) is 0 Å². The molecule has 17 heavy (non-hydrogen) atoms. The fourth-order valence-corrected chi connectivity index (χ4v) is 6.20. The number of hydrogen-bond donors (Lipinski definition) is 0. The molecule has 82 valence electrons. The second-order valence-corrected chi connectivity index (χ2v) is 7.65.